The molecule has 0 bridgehead atoms. The number of nitriles is 1. The largest absolute Gasteiger partial charge is 0.288 e. The molecule has 0 saturated heterocycles. The molecule has 0 radical (unpaired) electrons. The Hall–Kier alpha value is -2.71. The molecule has 0 spiro atoms. The molecule has 2 aromatic rings. The minimum atomic E-state index is -1.08. The highest BCUT2D eigenvalue weighted by molar-refractivity contribution is 6.30. The molecule has 1 atom stereocenters. The van der Waals surface area contributed by atoms with Crippen molar-refractivity contribution in [2.75, 3.05) is 4.90 Å². The van der Waals surface area contributed by atoms with Crippen molar-refractivity contribution < 1.29 is 13.6 Å². The summed E-state index contributed by atoms with van der Waals surface area (Å²) in [5.74, 6) is -2.59. The molecular weight excluding hydrogens is 322 g/mol. The highest BCUT2D eigenvalue weighted by Crippen LogP contribution is 2.32. The first-order chi connectivity index (χ1) is 11.0. The smallest absolute Gasteiger partial charge is 0.259 e. The van der Waals surface area contributed by atoms with Crippen LogP contribution in [0.25, 0.3) is 6.08 Å². The molecule has 0 saturated carbocycles. The second-order valence-corrected chi connectivity index (χ2v) is 5.38. The van der Waals surface area contributed by atoms with E-state index in [1.165, 1.54) is 24.3 Å². The molecule has 1 unspecified atom stereocenters. The Kier molecular flexibility index (Phi) is 3.85. The van der Waals surface area contributed by atoms with E-state index in [1.54, 1.807) is 12.1 Å². The minimum absolute atomic E-state index is 0.151. The number of carbonyl (C=O) groups excluding carboxylic acids is 1. The third-order valence-electron chi connectivity index (χ3n) is 3.51. The van der Waals surface area contributed by atoms with E-state index in [0.717, 1.165) is 17.0 Å². The van der Waals surface area contributed by atoms with E-state index in [9.17, 15) is 18.8 Å². The molecule has 1 amide bonds. The van der Waals surface area contributed by atoms with Crippen LogP contribution in [0.4, 0.5) is 14.5 Å². The third-order valence-corrected chi connectivity index (χ3v) is 3.76. The predicted molar refractivity (Wildman–Crippen MR) is 83.1 cm³/mol. The zero-order valence-electron chi connectivity index (χ0n) is 11.6. The molecule has 114 valence electrons. The van der Waals surface area contributed by atoms with Gasteiger partial charge in [0.05, 0.1) is 11.8 Å². The van der Waals surface area contributed by atoms with Gasteiger partial charge in [-0.05, 0) is 36.4 Å². The summed E-state index contributed by atoms with van der Waals surface area (Å²) in [6.07, 6.45) is 2.96. The lowest BCUT2D eigenvalue weighted by atomic mass is 10.0. The van der Waals surface area contributed by atoms with Crippen molar-refractivity contribution in [3.05, 3.63) is 70.3 Å². The normalized spacial score (nSPS) is 15.9. The van der Waals surface area contributed by atoms with Crippen LogP contribution in [0.15, 0.2) is 42.5 Å². The van der Waals surface area contributed by atoms with Crippen molar-refractivity contribution in [2.24, 2.45) is 0 Å². The van der Waals surface area contributed by atoms with Gasteiger partial charge < -0.3 is 0 Å². The van der Waals surface area contributed by atoms with E-state index in [1.807, 2.05) is 6.07 Å². The molecule has 0 fully saturated rings. The first kappa shape index (κ1) is 15.2. The number of anilines is 1. The summed E-state index contributed by atoms with van der Waals surface area (Å²) in [6.45, 7) is 0. The van der Waals surface area contributed by atoms with Gasteiger partial charge >= 0.3 is 0 Å². The number of amides is 1. The molecule has 2 aromatic carbocycles. The molecule has 6 heteroatoms. The van der Waals surface area contributed by atoms with E-state index in [2.05, 4.69) is 0 Å². The van der Waals surface area contributed by atoms with Crippen LogP contribution in [0.5, 0.6) is 0 Å². The van der Waals surface area contributed by atoms with Crippen LogP contribution < -0.4 is 4.90 Å². The highest BCUT2D eigenvalue weighted by Gasteiger charge is 2.30. The van der Waals surface area contributed by atoms with Crippen molar-refractivity contribution in [3.8, 4) is 6.07 Å². The van der Waals surface area contributed by atoms with Gasteiger partial charge in [0.25, 0.3) is 5.91 Å². The fourth-order valence-electron chi connectivity index (χ4n) is 2.39. The zero-order chi connectivity index (χ0) is 16.6. The molecule has 0 aromatic heterocycles. The summed E-state index contributed by atoms with van der Waals surface area (Å²) in [5, 5.41) is 9.73. The summed E-state index contributed by atoms with van der Waals surface area (Å²) in [6, 6.07) is 9.09. The van der Waals surface area contributed by atoms with Crippen LogP contribution in [0.3, 0.4) is 0 Å². The maximum absolute atomic E-state index is 13.6. The van der Waals surface area contributed by atoms with Crippen LogP contribution in [-0.4, -0.2) is 11.9 Å². The lowest BCUT2D eigenvalue weighted by molar-refractivity contribution is 0.0985. The van der Waals surface area contributed by atoms with Crippen LogP contribution >= 0.6 is 11.6 Å². The monoisotopic (exact) mass is 330 g/mol. The first-order valence-electron chi connectivity index (χ1n) is 6.67. The van der Waals surface area contributed by atoms with Gasteiger partial charge in [-0.1, -0.05) is 17.7 Å². The molecule has 3 nitrogen and oxygen atoms in total. The number of carbonyl (C=O) groups is 1. The topological polar surface area (TPSA) is 44.1 Å². The van der Waals surface area contributed by atoms with Crippen molar-refractivity contribution in [2.45, 2.75) is 6.04 Å². The molecule has 1 heterocycles. The molecule has 23 heavy (non-hydrogen) atoms. The summed E-state index contributed by atoms with van der Waals surface area (Å²) >= 11 is 5.80. The van der Waals surface area contributed by atoms with E-state index in [-0.39, 0.29) is 5.69 Å². The van der Waals surface area contributed by atoms with Gasteiger partial charge in [0.15, 0.2) is 11.6 Å². The Morgan fingerprint density at radius 1 is 1.17 bits per heavy atom. The number of hydrogen-bond acceptors (Lipinski definition) is 2. The quantitative estimate of drug-likeness (QED) is 0.787. The van der Waals surface area contributed by atoms with E-state index < -0.39 is 23.6 Å². The van der Waals surface area contributed by atoms with Crippen LogP contribution in [0.1, 0.15) is 15.9 Å². The van der Waals surface area contributed by atoms with E-state index in [4.69, 9.17) is 11.6 Å². The van der Waals surface area contributed by atoms with Crippen molar-refractivity contribution in [3.63, 3.8) is 0 Å². The number of benzene rings is 2. The summed E-state index contributed by atoms with van der Waals surface area (Å²) in [7, 11) is 0. The number of rotatable bonds is 1. The summed E-state index contributed by atoms with van der Waals surface area (Å²) in [5.41, 5.74) is 0.774. The average molecular weight is 331 g/mol. The van der Waals surface area contributed by atoms with Gasteiger partial charge in [-0.2, -0.15) is 5.26 Å². The summed E-state index contributed by atoms with van der Waals surface area (Å²) < 4.78 is 27.0. The number of fused-ring (bicyclic) bond motifs is 1. The van der Waals surface area contributed by atoms with E-state index in [0.29, 0.717) is 16.1 Å². The lowest BCUT2D eigenvalue weighted by Gasteiger charge is -2.30. The molecule has 1 aliphatic rings. The SMILES string of the molecule is N#CC1C=Cc2cc(F)c(F)cc2N1C(=O)c1ccc(Cl)cc1. The van der Waals surface area contributed by atoms with E-state index >= 15 is 0 Å². The van der Waals surface area contributed by atoms with Crippen molar-refractivity contribution in [1.29, 1.82) is 5.26 Å². The molecule has 3 rings (SSSR count). The van der Waals surface area contributed by atoms with Gasteiger partial charge in [0.1, 0.15) is 6.04 Å². The van der Waals surface area contributed by atoms with Crippen molar-refractivity contribution >= 4 is 29.3 Å². The fraction of sp³-hybridized carbons (Fsp3) is 0.0588. The third kappa shape index (κ3) is 2.69. The Morgan fingerprint density at radius 3 is 2.48 bits per heavy atom. The summed E-state index contributed by atoms with van der Waals surface area (Å²) in [4.78, 5) is 13.9. The predicted octanol–water partition coefficient (Wildman–Crippen LogP) is 4.18. The molecule has 0 N–H and O–H groups in total. The fourth-order valence-corrected chi connectivity index (χ4v) is 2.52. The first-order valence-corrected chi connectivity index (χ1v) is 7.05. The molecule has 0 aliphatic carbocycles. The second-order valence-electron chi connectivity index (χ2n) is 4.94. The number of hydrogen-bond donors (Lipinski definition) is 0. The molecular formula is C17H9ClF2N2O. The van der Waals surface area contributed by atoms with Gasteiger partial charge in [-0.15, -0.1) is 0 Å². The second kappa shape index (κ2) is 5.82. The highest BCUT2D eigenvalue weighted by atomic mass is 35.5. The van der Waals surface area contributed by atoms with Crippen LogP contribution in [-0.2, 0) is 0 Å². The Balaban J connectivity index is 2.11. The number of nitrogens with zero attached hydrogens (tertiary/aromatic N) is 2. The maximum Gasteiger partial charge on any atom is 0.259 e. The van der Waals surface area contributed by atoms with Gasteiger partial charge in [0, 0.05) is 22.2 Å². The standard InChI is InChI=1S/C17H9ClF2N2O/c18-12-4-1-10(2-5-12)17(23)22-13(9-21)6-3-11-7-14(19)15(20)8-16(11)22/h1-8,13H. The van der Waals surface area contributed by atoms with Crippen molar-refractivity contribution in [1.82, 2.24) is 0 Å². The average Bonchev–Trinajstić information content (AvgIpc) is 2.55. The molecule has 1 aliphatic heterocycles. The minimum Gasteiger partial charge on any atom is -0.288 e. The Morgan fingerprint density at radius 2 is 1.83 bits per heavy atom. The zero-order valence-corrected chi connectivity index (χ0v) is 12.4. The van der Waals surface area contributed by atoms with Gasteiger partial charge in [-0.3, -0.25) is 9.69 Å². The lowest BCUT2D eigenvalue weighted by Crippen LogP contribution is -2.40. The van der Waals surface area contributed by atoms with Crippen LogP contribution in [0, 0.1) is 23.0 Å². The maximum atomic E-state index is 13.6. The Labute approximate surface area is 136 Å². The van der Waals surface area contributed by atoms with Crippen LogP contribution in [0.2, 0.25) is 5.02 Å². The van der Waals surface area contributed by atoms with Gasteiger partial charge in [0.2, 0.25) is 0 Å². The van der Waals surface area contributed by atoms with Gasteiger partial charge in [-0.25, -0.2) is 8.78 Å². The number of halogens is 3. The Bertz CT molecular complexity index is 856.